The lowest BCUT2D eigenvalue weighted by atomic mass is 10.1. The normalized spacial score (nSPS) is 19.6. The van der Waals surface area contributed by atoms with E-state index < -0.39 is 0 Å². The minimum absolute atomic E-state index is 0.0316. The van der Waals surface area contributed by atoms with Gasteiger partial charge in [-0.25, -0.2) is 0 Å². The number of benzene rings is 1. The summed E-state index contributed by atoms with van der Waals surface area (Å²) in [6.07, 6.45) is 6.71. The summed E-state index contributed by atoms with van der Waals surface area (Å²) in [5.41, 5.74) is 0.871. The van der Waals surface area contributed by atoms with Crippen molar-refractivity contribution in [3.8, 4) is 11.5 Å². The van der Waals surface area contributed by atoms with Crippen LogP contribution in [0.5, 0.6) is 11.5 Å². The molecule has 1 aliphatic carbocycles. The van der Waals surface area contributed by atoms with Crippen LogP contribution in [0.2, 0.25) is 0 Å². The fraction of sp³-hybridized carbons (Fsp3) is 0.500. The van der Waals surface area contributed by atoms with Gasteiger partial charge in [-0.1, -0.05) is 53.8 Å². The molecular weight excluding hydrogens is 446 g/mol. The molecular formula is C20H24BrNO3S2. The summed E-state index contributed by atoms with van der Waals surface area (Å²) in [6.45, 7) is 4.79. The number of carbonyl (C=O) groups is 1. The minimum atomic E-state index is -0.0316. The van der Waals surface area contributed by atoms with E-state index in [-0.39, 0.29) is 12.0 Å². The number of rotatable bonds is 6. The van der Waals surface area contributed by atoms with Crippen LogP contribution in [0.25, 0.3) is 6.08 Å². The molecule has 1 amide bonds. The van der Waals surface area contributed by atoms with Gasteiger partial charge in [0, 0.05) is 11.0 Å². The van der Waals surface area contributed by atoms with Crippen LogP contribution < -0.4 is 9.47 Å². The predicted molar refractivity (Wildman–Crippen MR) is 118 cm³/mol. The number of thioether (sulfide) groups is 1. The third-order valence-electron chi connectivity index (χ3n) is 4.59. The number of thiocarbonyl (C=S) groups is 1. The summed E-state index contributed by atoms with van der Waals surface area (Å²) in [7, 11) is 1.64. The molecule has 1 aliphatic heterocycles. The number of amides is 1. The maximum absolute atomic E-state index is 12.7. The second kappa shape index (κ2) is 8.97. The Morgan fingerprint density at radius 2 is 2.04 bits per heavy atom. The van der Waals surface area contributed by atoms with Crippen molar-refractivity contribution in [2.24, 2.45) is 5.92 Å². The quantitative estimate of drug-likeness (QED) is 0.398. The average molecular weight is 470 g/mol. The third kappa shape index (κ3) is 4.87. The first-order valence-electron chi connectivity index (χ1n) is 9.18. The van der Waals surface area contributed by atoms with Gasteiger partial charge in [0.15, 0.2) is 11.5 Å². The van der Waals surface area contributed by atoms with Crippen molar-refractivity contribution in [2.45, 2.75) is 45.6 Å². The second-order valence-electron chi connectivity index (χ2n) is 7.24. The second-order valence-corrected chi connectivity index (χ2v) is 9.77. The van der Waals surface area contributed by atoms with E-state index in [9.17, 15) is 4.79 Å². The number of carbonyl (C=O) groups excluding carboxylic acids is 1. The molecule has 0 radical (unpaired) electrons. The fourth-order valence-corrected chi connectivity index (χ4v) is 4.97. The molecule has 7 heteroatoms. The van der Waals surface area contributed by atoms with Crippen LogP contribution in [0.4, 0.5) is 0 Å². The van der Waals surface area contributed by atoms with E-state index in [1.54, 1.807) is 12.0 Å². The Balaban J connectivity index is 1.85. The van der Waals surface area contributed by atoms with Crippen LogP contribution in [0.3, 0.4) is 0 Å². The van der Waals surface area contributed by atoms with Crippen LogP contribution >= 0.6 is 39.9 Å². The lowest BCUT2D eigenvalue weighted by molar-refractivity contribution is -0.122. The van der Waals surface area contributed by atoms with Crippen molar-refractivity contribution >= 4 is 56.2 Å². The SMILES string of the molecule is COc1cc(/C=C2\SC(=S)N(CC(C)C)C2=O)c(Br)cc1OC1CCCC1. The van der Waals surface area contributed by atoms with Crippen molar-refractivity contribution in [2.75, 3.05) is 13.7 Å². The average Bonchev–Trinajstić information content (AvgIpc) is 3.21. The zero-order valence-electron chi connectivity index (χ0n) is 15.8. The van der Waals surface area contributed by atoms with E-state index >= 15 is 0 Å². The van der Waals surface area contributed by atoms with E-state index in [2.05, 4.69) is 29.8 Å². The van der Waals surface area contributed by atoms with Crippen LogP contribution in [0.1, 0.15) is 45.1 Å². The Hall–Kier alpha value is -1.05. The predicted octanol–water partition coefficient (Wildman–Crippen LogP) is 5.64. The molecule has 2 aliphatic rings. The number of nitrogens with zero attached hydrogens (tertiary/aromatic N) is 1. The topological polar surface area (TPSA) is 38.8 Å². The van der Waals surface area contributed by atoms with Gasteiger partial charge in [-0.2, -0.15) is 0 Å². The molecule has 4 nitrogen and oxygen atoms in total. The maximum Gasteiger partial charge on any atom is 0.266 e. The van der Waals surface area contributed by atoms with Crippen LogP contribution in [0, 0.1) is 5.92 Å². The zero-order chi connectivity index (χ0) is 19.6. The van der Waals surface area contributed by atoms with E-state index in [1.807, 2.05) is 18.2 Å². The highest BCUT2D eigenvalue weighted by Crippen LogP contribution is 2.39. The Kier molecular flexibility index (Phi) is 6.87. The van der Waals surface area contributed by atoms with Crippen LogP contribution in [0.15, 0.2) is 21.5 Å². The summed E-state index contributed by atoms with van der Waals surface area (Å²) in [5.74, 6) is 1.75. The molecule has 2 fully saturated rings. The van der Waals surface area contributed by atoms with Crippen LogP contribution in [-0.2, 0) is 4.79 Å². The van der Waals surface area contributed by atoms with Gasteiger partial charge in [-0.05, 0) is 55.4 Å². The Morgan fingerprint density at radius 1 is 1.33 bits per heavy atom. The van der Waals surface area contributed by atoms with E-state index in [0.717, 1.165) is 28.6 Å². The molecule has 1 aromatic carbocycles. The molecule has 0 unspecified atom stereocenters. The summed E-state index contributed by atoms with van der Waals surface area (Å²) >= 11 is 10.3. The van der Waals surface area contributed by atoms with Gasteiger partial charge in [-0.3, -0.25) is 9.69 Å². The zero-order valence-corrected chi connectivity index (χ0v) is 19.0. The molecule has 1 heterocycles. The first kappa shape index (κ1) is 20.7. The van der Waals surface area contributed by atoms with Gasteiger partial charge >= 0.3 is 0 Å². The number of hydrogen-bond acceptors (Lipinski definition) is 5. The molecule has 0 aromatic heterocycles. The molecule has 3 rings (SSSR count). The molecule has 0 bridgehead atoms. The number of hydrogen-bond donors (Lipinski definition) is 0. The Bertz CT molecular complexity index is 773. The van der Waals surface area contributed by atoms with Crippen molar-refractivity contribution in [3.05, 3.63) is 27.1 Å². The smallest absolute Gasteiger partial charge is 0.266 e. The number of methoxy groups -OCH3 is 1. The largest absolute Gasteiger partial charge is 0.493 e. The molecule has 27 heavy (non-hydrogen) atoms. The van der Waals surface area contributed by atoms with Crippen molar-refractivity contribution < 1.29 is 14.3 Å². The highest BCUT2D eigenvalue weighted by atomic mass is 79.9. The van der Waals surface area contributed by atoms with Gasteiger partial charge in [0.1, 0.15) is 4.32 Å². The highest BCUT2D eigenvalue weighted by molar-refractivity contribution is 9.10. The molecule has 1 saturated heterocycles. The van der Waals surface area contributed by atoms with Crippen molar-refractivity contribution in [1.29, 1.82) is 0 Å². The maximum atomic E-state index is 12.7. The van der Waals surface area contributed by atoms with Crippen LogP contribution in [-0.4, -0.2) is 34.9 Å². The fourth-order valence-electron chi connectivity index (χ4n) is 3.26. The van der Waals surface area contributed by atoms with E-state index in [1.165, 1.54) is 24.6 Å². The van der Waals surface area contributed by atoms with Crippen molar-refractivity contribution in [3.63, 3.8) is 0 Å². The number of ether oxygens (including phenoxy) is 2. The molecule has 0 spiro atoms. The number of halogens is 1. The lowest BCUT2D eigenvalue weighted by Gasteiger charge is -2.17. The molecule has 1 saturated carbocycles. The van der Waals surface area contributed by atoms with Gasteiger partial charge in [0.2, 0.25) is 0 Å². The van der Waals surface area contributed by atoms with E-state index in [4.69, 9.17) is 21.7 Å². The highest BCUT2D eigenvalue weighted by Gasteiger charge is 2.32. The Morgan fingerprint density at radius 3 is 2.67 bits per heavy atom. The lowest BCUT2D eigenvalue weighted by Crippen LogP contribution is -2.31. The molecule has 0 atom stereocenters. The summed E-state index contributed by atoms with van der Waals surface area (Å²) in [5, 5.41) is 0. The van der Waals surface area contributed by atoms with Crippen molar-refractivity contribution in [1.82, 2.24) is 4.90 Å². The molecule has 146 valence electrons. The van der Waals surface area contributed by atoms with Gasteiger partial charge in [0.05, 0.1) is 18.1 Å². The summed E-state index contributed by atoms with van der Waals surface area (Å²) in [6, 6.07) is 3.83. The van der Waals surface area contributed by atoms with Gasteiger partial charge < -0.3 is 9.47 Å². The minimum Gasteiger partial charge on any atom is -0.493 e. The Labute approximate surface area is 178 Å². The summed E-state index contributed by atoms with van der Waals surface area (Å²) in [4.78, 5) is 15.0. The van der Waals surface area contributed by atoms with E-state index in [0.29, 0.717) is 27.4 Å². The van der Waals surface area contributed by atoms with Gasteiger partial charge in [-0.15, -0.1) is 0 Å². The summed E-state index contributed by atoms with van der Waals surface area (Å²) < 4.78 is 13.1. The molecule has 1 aromatic rings. The standard InChI is InChI=1S/C20H24BrNO3S2/c1-12(2)11-22-19(23)18(27-20(22)26)9-13-8-16(24-3)17(10-15(13)21)25-14-6-4-5-7-14/h8-10,12,14H,4-7,11H2,1-3H3/b18-9-. The molecule has 0 N–H and O–H groups in total. The first-order valence-corrected chi connectivity index (χ1v) is 11.2. The first-order chi connectivity index (χ1) is 12.9. The van der Waals surface area contributed by atoms with Gasteiger partial charge in [0.25, 0.3) is 5.91 Å². The third-order valence-corrected chi connectivity index (χ3v) is 6.65. The monoisotopic (exact) mass is 469 g/mol.